The van der Waals surface area contributed by atoms with E-state index in [0.717, 1.165) is 65.2 Å². The quantitative estimate of drug-likeness (QED) is 0.126. The first-order valence-corrected chi connectivity index (χ1v) is 18.9. The van der Waals surface area contributed by atoms with Crippen LogP contribution >= 0.6 is 23.5 Å². The third-order valence-electron chi connectivity index (χ3n) is 8.99. The van der Waals surface area contributed by atoms with Crippen molar-refractivity contribution in [2.75, 3.05) is 37.9 Å². The van der Waals surface area contributed by atoms with E-state index >= 15 is 0 Å². The predicted octanol–water partition coefficient (Wildman–Crippen LogP) is 7.33. The van der Waals surface area contributed by atoms with Crippen LogP contribution in [-0.4, -0.2) is 73.0 Å². The number of benzene rings is 3. The molecule has 11 nitrogen and oxygen atoms in total. The summed E-state index contributed by atoms with van der Waals surface area (Å²) in [5.41, 5.74) is 4.99. The number of halogens is 1. The Morgan fingerprint density at radius 3 is 2.56 bits per heavy atom. The Hall–Kier alpha value is -4.89. The van der Waals surface area contributed by atoms with Crippen molar-refractivity contribution in [2.45, 2.75) is 41.5 Å². The van der Waals surface area contributed by atoms with Gasteiger partial charge in [-0.25, -0.2) is 13.9 Å². The standard InChI is InChI=1S/C38H39FN8O3S2/c1-38(2,51-3)33-21-35(47(44-33)28-12-14-31(48)30(39)20-28)41-37(49)40-22-27-6-4-5-7-32(27)52-29-13-15-34-42-43-36(46(34)24-29)26-10-8-25(9-11-26)23-45-16-18-50-19-17-45/h4-15,20-21,24,48H,16-19,22-23H2,1-3H3,(H2,40,41,49). The van der Waals surface area contributed by atoms with E-state index in [9.17, 15) is 14.3 Å². The van der Waals surface area contributed by atoms with Gasteiger partial charge in [-0.2, -0.15) is 16.9 Å². The summed E-state index contributed by atoms with van der Waals surface area (Å²) < 4.78 is 22.9. The molecule has 1 saturated heterocycles. The number of nitrogens with zero attached hydrogens (tertiary/aromatic N) is 6. The highest BCUT2D eigenvalue weighted by Crippen LogP contribution is 2.35. The van der Waals surface area contributed by atoms with Crippen LogP contribution in [0.2, 0.25) is 0 Å². The highest BCUT2D eigenvalue weighted by atomic mass is 32.2. The molecule has 1 aliphatic heterocycles. The fourth-order valence-electron chi connectivity index (χ4n) is 5.81. The van der Waals surface area contributed by atoms with Gasteiger partial charge in [-0.15, -0.1) is 10.2 Å². The molecule has 6 aromatic rings. The zero-order chi connectivity index (χ0) is 36.2. The van der Waals surface area contributed by atoms with Crippen LogP contribution in [0, 0.1) is 5.82 Å². The number of fused-ring (bicyclic) bond motifs is 1. The Labute approximate surface area is 309 Å². The van der Waals surface area contributed by atoms with E-state index < -0.39 is 17.6 Å². The van der Waals surface area contributed by atoms with Gasteiger partial charge in [-0.05, 0) is 61.6 Å². The molecule has 0 bridgehead atoms. The lowest BCUT2D eigenvalue weighted by Crippen LogP contribution is -2.35. The molecular formula is C38H39FN8O3S2. The third-order valence-corrected chi connectivity index (χ3v) is 11.3. The second kappa shape index (κ2) is 15.4. The van der Waals surface area contributed by atoms with Crippen molar-refractivity contribution in [2.24, 2.45) is 0 Å². The van der Waals surface area contributed by atoms with Gasteiger partial charge in [0.05, 0.1) is 29.3 Å². The fraction of sp³-hybridized carbons (Fsp3) is 0.263. The zero-order valence-electron chi connectivity index (χ0n) is 29.0. The normalized spacial score (nSPS) is 13.8. The van der Waals surface area contributed by atoms with Crippen LogP contribution in [0.25, 0.3) is 22.7 Å². The molecule has 14 heteroatoms. The number of morpholine rings is 1. The van der Waals surface area contributed by atoms with Crippen LogP contribution in [0.15, 0.2) is 101 Å². The monoisotopic (exact) mass is 738 g/mol. The molecule has 0 saturated carbocycles. The average molecular weight is 739 g/mol. The summed E-state index contributed by atoms with van der Waals surface area (Å²) in [6, 6.07) is 25.7. The number of anilines is 1. The molecule has 0 aliphatic carbocycles. The Bertz CT molecular complexity index is 2200. The van der Waals surface area contributed by atoms with Crippen LogP contribution in [-0.2, 0) is 22.6 Å². The molecule has 3 aromatic heterocycles. The number of ether oxygens (including phenoxy) is 1. The molecule has 268 valence electrons. The van der Waals surface area contributed by atoms with E-state index in [4.69, 9.17) is 4.74 Å². The van der Waals surface area contributed by atoms with E-state index in [1.807, 2.05) is 67.1 Å². The highest BCUT2D eigenvalue weighted by Gasteiger charge is 2.25. The molecule has 3 aromatic carbocycles. The molecule has 3 N–H and O–H groups in total. The predicted molar refractivity (Wildman–Crippen MR) is 203 cm³/mol. The van der Waals surface area contributed by atoms with Crippen LogP contribution in [0.4, 0.5) is 15.0 Å². The number of carbonyl (C=O) groups excluding carboxylic acids is 1. The van der Waals surface area contributed by atoms with E-state index in [0.29, 0.717) is 17.2 Å². The topological polar surface area (TPSA) is 122 Å². The summed E-state index contributed by atoms with van der Waals surface area (Å²) in [7, 11) is 0. The van der Waals surface area contributed by atoms with Gasteiger partial charge >= 0.3 is 6.03 Å². The van der Waals surface area contributed by atoms with Crippen LogP contribution < -0.4 is 10.6 Å². The molecule has 2 amide bonds. The first-order chi connectivity index (χ1) is 25.2. The molecule has 52 heavy (non-hydrogen) atoms. The number of thioether (sulfide) groups is 1. The summed E-state index contributed by atoms with van der Waals surface area (Å²) in [5, 5.41) is 29.1. The number of nitrogens with one attached hydrogen (secondary N) is 2. The van der Waals surface area contributed by atoms with Crippen molar-refractivity contribution in [3.8, 4) is 22.8 Å². The molecule has 1 aliphatic rings. The number of amides is 2. The van der Waals surface area contributed by atoms with Crippen molar-refractivity contribution >= 4 is 41.0 Å². The summed E-state index contributed by atoms with van der Waals surface area (Å²) in [6.07, 6.45) is 4.01. The lowest BCUT2D eigenvalue weighted by molar-refractivity contribution is 0.0342. The number of phenols is 1. The van der Waals surface area contributed by atoms with Gasteiger partial charge < -0.3 is 15.2 Å². The van der Waals surface area contributed by atoms with E-state index in [2.05, 4.69) is 55.1 Å². The Morgan fingerprint density at radius 1 is 1.00 bits per heavy atom. The Kier molecular flexibility index (Phi) is 10.5. The first kappa shape index (κ1) is 35.5. The minimum atomic E-state index is -0.781. The van der Waals surface area contributed by atoms with Crippen LogP contribution in [0.3, 0.4) is 0 Å². The van der Waals surface area contributed by atoms with E-state index in [-0.39, 0.29) is 11.3 Å². The number of aromatic hydroxyl groups is 1. The maximum Gasteiger partial charge on any atom is 0.320 e. The number of aromatic nitrogens is 5. The first-order valence-electron chi connectivity index (χ1n) is 16.9. The van der Waals surface area contributed by atoms with Gasteiger partial charge in [0.2, 0.25) is 0 Å². The second-order valence-electron chi connectivity index (χ2n) is 12.9. The van der Waals surface area contributed by atoms with Gasteiger partial charge in [0.1, 0.15) is 5.82 Å². The van der Waals surface area contributed by atoms with Gasteiger partial charge in [0.25, 0.3) is 0 Å². The summed E-state index contributed by atoms with van der Waals surface area (Å²) in [4.78, 5) is 17.7. The minimum Gasteiger partial charge on any atom is -0.505 e. The van der Waals surface area contributed by atoms with Crippen molar-refractivity contribution in [3.63, 3.8) is 0 Å². The maximum atomic E-state index is 14.3. The van der Waals surface area contributed by atoms with Crippen LogP contribution in [0.1, 0.15) is 30.7 Å². The van der Waals surface area contributed by atoms with Gasteiger partial charge in [0.15, 0.2) is 23.0 Å². The summed E-state index contributed by atoms with van der Waals surface area (Å²) in [5.74, 6) is -0.111. The maximum absolute atomic E-state index is 14.3. The zero-order valence-corrected chi connectivity index (χ0v) is 30.7. The van der Waals surface area contributed by atoms with Crippen LogP contribution in [0.5, 0.6) is 5.75 Å². The number of phenolic OH excluding ortho intramolecular Hbond substituents is 1. The Morgan fingerprint density at radius 2 is 1.79 bits per heavy atom. The number of carbonyl (C=O) groups is 1. The number of urea groups is 1. The summed E-state index contributed by atoms with van der Waals surface area (Å²) in [6.45, 7) is 8.64. The molecule has 0 spiro atoms. The SMILES string of the molecule is CSC(C)(C)c1cc(NC(=O)NCc2ccccc2Sc2ccc3nnc(-c4ccc(CN5CCOCC5)cc4)n3c2)n(-c2ccc(O)c(F)c2)n1. The second-order valence-corrected chi connectivity index (χ2v) is 15.4. The average Bonchev–Trinajstić information content (AvgIpc) is 3.78. The van der Waals surface area contributed by atoms with E-state index in [1.165, 1.54) is 22.4 Å². The number of rotatable bonds is 11. The molecule has 4 heterocycles. The molecule has 0 atom stereocenters. The van der Waals surface area contributed by atoms with Crippen molar-refractivity contribution < 1.29 is 19.0 Å². The van der Waals surface area contributed by atoms with Crippen molar-refractivity contribution in [3.05, 3.63) is 114 Å². The van der Waals surface area contributed by atoms with Gasteiger partial charge in [-0.1, -0.05) is 54.2 Å². The molecule has 1 fully saturated rings. The van der Waals surface area contributed by atoms with E-state index in [1.54, 1.807) is 35.7 Å². The minimum absolute atomic E-state index is 0.261. The molecular weight excluding hydrogens is 700 g/mol. The van der Waals surface area contributed by atoms with Crippen molar-refractivity contribution in [1.82, 2.24) is 34.6 Å². The number of hydrogen-bond donors (Lipinski definition) is 3. The smallest absolute Gasteiger partial charge is 0.320 e. The lowest BCUT2D eigenvalue weighted by atomic mass is 10.1. The third kappa shape index (κ3) is 7.94. The molecule has 0 unspecified atom stereocenters. The number of hydrogen-bond acceptors (Lipinski definition) is 9. The molecule has 7 rings (SSSR count). The Balaban J connectivity index is 1.05. The lowest BCUT2D eigenvalue weighted by Gasteiger charge is -2.26. The van der Waals surface area contributed by atoms with Gasteiger partial charge in [-0.3, -0.25) is 14.6 Å². The number of pyridine rings is 1. The van der Waals surface area contributed by atoms with Crippen molar-refractivity contribution in [1.29, 1.82) is 0 Å². The van der Waals surface area contributed by atoms with Gasteiger partial charge in [0, 0.05) is 59.9 Å². The molecule has 0 radical (unpaired) electrons. The summed E-state index contributed by atoms with van der Waals surface area (Å²) >= 11 is 3.19. The largest absolute Gasteiger partial charge is 0.505 e. The fourth-order valence-corrected chi connectivity index (χ4v) is 7.09. The highest BCUT2D eigenvalue weighted by molar-refractivity contribution is 7.99.